The Hall–Kier alpha value is -2.40. The Morgan fingerprint density at radius 3 is 2.43 bits per heavy atom. The highest BCUT2D eigenvalue weighted by molar-refractivity contribution is 7.98. The molecule has 2 aromatic carbocycles. The first-order chi connectivity index (χ1) is 13.4. The highest BCUT2D eigenvalue weighted by Crippen LogP contribution is 2.29. The minimum absolute atomic E-state index is 0.232. The van der Waals surface area contributed by atoms with Crippen LogP contribution in [0.5, 0.6) is 11.6 Å². The molecule has 5 heteroatoms. The van der Waals surface area contributed by atoms with Crippen LogP contribution in [0.15, 0.2) is 59.8 Å². The average Bonchev–Trinajstić information content (AvgIpc) is 2.66. The lowest BCUT2D eigenvalue weighted by Gasteiger charge is -2.12. The quantitative estimate of drug-likeness (QED) is 0.320. The number of hydrogen-bond donors (Lipinski definition) is 0. The minimum atomic E-state index is -0.232. The fraction of sp³-hybridized carbons (Fsp3) is 0.304. The van der Waals surface area contributed by atoms with Gasteiger partial charge in [-0.3, -0.25) is 0 Å². The predicted molar refractivity (Wildman–Crippen MR) is 113 cm³/mol. The highest BCUT2D eigenvalue weighted by Gasteiger charge is 2.11. The molecule has 1 heterocycles. The smallest absolute Gasteiger partial charge is 0.223 e. The van der Waals surface area contributed by atoms with Crippen molar-refractivity contribution in [3.8, 4) is 11.6 Å². The Morgan fingerprint density at radius 1 is 0.929 bits per heavy atom. The van der Waals surface area contributed by atoms with Crippen molar-refractivity contribution >= 4 is 11.8 Å². The number of halogens is 1. The van der Waals surface area contributed by atoms with Crippen LogP contribution in [0, 0.1) is 5.82 Å². The Kier molecular flexibility index (Phi) is 6.68. The van der Waals surface area contributed by atoms with Gasteiger partial charge in [0, 0.05) is 11.8 Å². The zero-order valence-corrected chi connectivity index (χ0v) is 17.5. The number of hydrogen-bond acceptors (Lipinski definition) is 4. The first-order valence-corrected chi connectivity index (χ1v) is 10.4. The SMILES string of the molecule is CC(C)c1cccc(Oc2cc(C(C)C)nc(SCc3cccc(F)c3)n2)c1. The van der Waals surface area contributed by atoms with Crippen molar-refractivity contribution in [3.63, 3.8) is 0 Å². The molecule has 0 aliphatic heterocycles. The monoisotopic (exact) mass is 396 g/mol. The maximum atomic E-state index is 13.4. The van der Waals surface area contributed by atoms with Crippen LogP contribution < -0.4 is 4.74 Å². The molecule has 1 aromatic heterocycles. The molecule has 0 atom stereocenters. The van der Waals surface area contributed by atoms with E-state index in [2.05, 4.69) is 43.7 Å². The van der Waals surface area contributed by atoms with E-state index in [9.17, 15) is 4.39 Å². The number of ether oxygens (including phenoxy) is 1. The highest BCUT2D eigenvalue weighted by atomic mass is 32.2. The van der Waals surface area contributed by atoms with Gasteiger partial charge in [-0.25, -0.2) is 9.37 Å². The van der Waals surface area contributed by atoms with E-state index in [1.165, 1.54) is 29.5 Å². The van der Waals surface area contributed by atoms with Gasteiger partial charge in [0.05, 0.1) is 5.69 Å². The van der Waals surface area contributed by atoms with E-state index in [1.54, 1.807) is 6.07 Å². The normalized spacial score (nSPS) is 11.2. The Labute approximate surface area is 170 Å². The zero-order valence-electron chi connectivity index (χ0n) is 16.6. The van der Waals surface area contributed by atoms with Crippen molar-refractivity contribution in [2.24, 2.45) is 0 Å². The molecule has 0 saturated heterocycles. The van der Waals surface area contributed by atoms with Crippen molar-refractivity contribution in [1.29, 1.82) is 0 Å². The van der Waals surface area contributed by atoms with Crippen LogP contribution >= 0.6 is 11.8 Å². The minimum Gasteiger partial charge on any atom is -0.439 e. The molecule has 3 nitrogen and oxygen atoms in total. The van der Waals surface area contributed by atoms with Gasteiger partial charge in [-0.15, -0.1) is 0 Å². The Balaban J connectivity index is 1.82. The summed E-state index contributed by atoms with van der Waals surface area (Å²) < 4.78 is 19.4. The van der Waals surface area contributed by atoms with Gasteiger partial charge in [-0.2, -0.15) is 4.98 Å². The van der Waals surface area contributed by atoms with Gasteiger partial charge in [-0.05, 0) is 47.2 Å². The van der Waals surface area contributed by atoms with E-state index < -0.39 is 0 Å². The Bertz CT molecular complexity index is 943. The summed E-state index contributed by atoms with van der Waals surface area (Å²) in [7, 11) is 0. The molecule has 3 aromatic rings. The second kappa shape index (κ2) is 9.20. The van der Waals surface area contributed by atoms with Gasteiger partial charge in [0.15, 0.2) is 5.16 Å². The summed E-state index contributed by atoms with van der Waals surface area (Å²) in [5.74, 6) is 2.34. The van der Waals surface area contributed by atoms with Gasteiger partial charge < -0.3 is 4.74 Å². The maximum absolute atomic E-state index is 13.4. The van der Waals surface area contributed by atoms with Gasteiger partial charge in [0.25, 0.3) is 0 Å². The van der Waals surface area contributed by atoms with Crippen molar-refractivity contribution < 1.29 is 9.13 Å². The predicted octanol–water partition coefficient (Wildman–Crippen LogP) is 6.95. The molecule has 0 unspecified atom stereocenters. The van der Waals surface area contributed by atoms with Crippen molar-refractivity contribution in [2.45, 2.75) is 50.4 Å². The van der Waals surface area contributed by atoms with Gasteiger partial charge in [0.1, 0.15) is 11.6 Å². The summed E-state index contributed by atoms with van der Waals surface area (Å²) >= 11 is 1.48. The molecule has 0 saturated carbocycles. The molecule has 0 bridgehead atoms. The number of benzene rings is 2. The van der Waals surface area contributed by atoms with E-state index in [4.69, 9.17) is 4.74 Å². The van der Waals surface area contributed by atoms with Gasteiger partial charge >= 0.3 is 0 Å². The third kappa shape index (κ3) is 5.55. The van der Waals surface area contributed by atoms with Crippen molar-refractivity contribution in [1.82, 2.24) is 9.97 Å². The van der Waals surface area contributed by atoms with E-state index in [0.717, 1.165) is 17.0 Å². The summed E-state index contributed by atoms with van der Waals surface area (Å²) in [6.45, 7) is 8.49. The molecule has 146 valence electrons. The summed E-state index contributed by atoms with van der Waals surface area (Å²) in [4.78, 5) is 9.19. The first-order valence-electron chi connectivity index (χ1n) is 9.44. The zero-order chi connectivity index (χ0) is 20.1. The third-order valence-electron chi connectivity index (χ3n) is 4.30. The fourth-order valence-electron chi connectivity index (χ4n) is 2.67. The summed E-state index contributed by atoms with van der Waals surface area (Å²) in [6, 6.07) is 16.6. The molecule has 0 aliphatic carbocycles. The van der Waals surface area contributed by atoms with Crippen molar-refractivity contribution in [2.75, 3.05) is 0 Å². The fourth-order valence-corrected chi connectivity index (χ4v) is 3.47. The van der Waals surface area contributed by atoms with Crippen LogP contribution in [0.25, 0.3) is 0 Å². The molecule has 0 N–H and O–H groups in total. The topological polar surface area (TPSA) is 35.0 Å². The molecular formula is C23H25FN2OS. The van der Waals surface area contributed by atoms with Gasteiger partial charge in [-0.1, -0.05) is 63.7 Å². The molecule has 0 aliphatic rings. The summed E-state index contributed by atoms with van der Waals surface area (Å²) in [5.41, 5.74) is 3.04. The lowest BCUT2D eigenvalue weighted by atomic mass is 10.0. The maximum Gasteiger partial charge on any atom is 0.223 e. The number of rotatable bonds is 7. The molecule has 0 radical (unpaired) electrons. The summed E-state index contributed by atoms with van der Waals surface area (Å²) in [5, 5.41) is 0.630. The molecule has 28 heavy (non-hydrogen) atoms. The van der Waals surface area contributed by atoms with Crippen LogP contribution in [0.3, 0.4) is 0 Å². The standard InChI is InChI=1S/C23H25FN2OS/c1-15(2)18-8-6-10-20(12-18)27-22-13-21(16(3)4)25-23(26-22)28-14-17-7-5-9-19(24)11-17/h5-13,15-16H,14H2,1-4H3. The number of thioether (sulfide) groups is 1. The van der Waals surface area contributed by atoms with Crippen LogP contribution in [-0.4, -0.2) is 9.97 Å². The van der Waals surface area contributed by atoms with Gasteiger partial charge in [0.2, 0.25) is 5.88 Å². The lowest BCUT2D eigenvalue weighted by Crippen LogP contribution is -2.00. The van der Waals surface area contributed by atoms with E-state index in [-0.39, 0.29) is 11.7 Å². The largest absolute Gasteiger partial charge is 0.439 e. The van der Waals surface area contributed by atoms with E-state index in [0.29, 0.717) is 22.7 Å². The lowest BCUT2D eigenvalue weighted by molar-refractivity contribution is 0.452. The average molecular weight is 397 g/mol. The Morgan fingerprint density at radius 2 is 1.71 bits per heavy atom. The van der Waals surface area contributed by atoms with Crippen LogP contribution in [-0.2, 0) is 5.75 Å². The second-order valence-electron chi connectivity index (χ2n) is 7.32. The van der Waals surface area contributed by atoms with Crippen molar-refractivity contribution in [3.05, 3.63) is 77.2 Å². The summed E-state index contributed by atoms with van der Waals surface area (Å²) in [6.07, 6.45) is 0. The molecule has 0 fully saturated rings. The molecule has 0 amide bonds. The van der Waals surface area contributed by atoms with Crippen LogP contribution in [0.1, 0.15) is 56.4 Å². The third-order valence-corrected chi connectivity index (χ3v) is 5.22. The van der Waals surface area contributed by atoms with Crippen LogP contribution in [0.4, 0.5) is 4.39 Å². The second-order valence-corrected chi connectivity index (χ2v) is 8.26. The molecule has 3 rings (SSSR count). The number of aromatic nitrogens is 2. The van der Waals surface area contributed by atoms with E-state index in [1.807, 2.05) is 30.3 Å². The first kappa shape index (κ1) is 20.3. The van der Waals surface area contributed by atoms with Crippen LogP contribution in [0.2, 0.25) is 0 Å². The molecular weight excluding hydrogens is 371 g/mol. The number of nitrogens with zero attached hydrogens (tertiary/aromatic N) is 2. The molecule has 0 spiro atoms. The van der Waals surface area contributed by atoms with E-state index >= 15 is 0 Å².